The van der Waals surface area contributed by atoms with Crippen molar-refractivity contribution in [3.05, 3.63) is 36.0 Å². The Morgan fingerprint density at radius 1 is 1.21 bits per heavy atom. The molecule has 1 aromatic heterocycles. The van der Waals surface area contributed by atoms with Crippen LogP contribution in [0.5, 0.6) is 0 Å². The number of carbonyl (C=O) groups excluding carboxylic acids is 4. The Hall–Kier alpha value is -3.07. The Balaban J connectivity index is 1.46. The summed E-state index contributed by atoms with van der Waals surface area (Å²) in [4.78, 5) is 55.1. The molecule has 0 radical (unpaired) electrons. The molecule has 2 saturated heterocycles. The first-order chi connectivity index (χ1) is 15.9. The second-order valence-electron chi connectivity index (χ2n) is 9.04. The molecule has 1 aromatic rings. The Labute approximate surface area is 192 Å². The summed E-state index contributed by atoms with van der Waals surface area (Å²) >= 11 is 0. The quantitative estimate of drug-likeness (QED) is 0.291. The van der Waals surface area contributed by atoms with Gasteiger partial charge in [-0.05, 0) is 69.7 Å². The lowest BCUT2D eigenvalue weighted by Crippen LogP contribution is -2.59. The van der Waals surface area contributed by atoms with Gasteiger partial charge in [0.05, 0.1) is 0 Å². The number of aromatic nitrogens is 1. The number of pyridine rings is 1. The molecule has 2 unspecified atom stereocenters. The van der Waals surface area contributed by atoms with Crippen molar-refractivity contribution in [2.45, 2.75) is 63.5 Å². The minimum absolute atomic E-state index is 0.0395. The summed E-state index contributed by atoms with van der Waals surface area (Å²) in [6.45, 7) is 3.13. The number of alkyl carbamates (subject to hydrolysis) is 1. The smallest absolute Gasteiger partial charge is 0.376 e. The van der Waals surface area contributed by atoms with Crippen molar-refractivity contribution in [3.8, 4) is 0 Å². The lowest BCUT2D eigenvalue weighted by molar-refractivity contribution is -0.135. The van der Waals surface area contributed by atoms with E-state index in [1.165, 1.54) is 0 Å². The van der Waals surface area contributed by atoms with Crippen LogP contribution in [0.15, 0.2) is 30.5 Å². The lowest BCUT2D eigenvalue weighted by Gasteiger charge is -2.41. The number of rotatable bonds is 6. The normalized spacial score (nSPS) is 24.4. The van der Waals surface area contributed by atoms with Crippen molar-refractivity contribution >= 4 is 29.6 Å². The van der Waals surface area contributed by atoms with Gasteiger partial charge in [0.1, 0.15) is 11.4 Å². The van der Waals surface area contributed by atoms with Gasteiger partial charge in [-0.2, -0.15) is 0 Å². The van der Waals surface area contributed by atoms with Gasteiger partial charge in [0, 0.05) is 31.1 Å². The van der Waals surface area contributed by atoms with Crippen molar-refractivity contribution in [2.75, 3.05) is 18.0 Å². The molecule has 0 saturated carbocycles. The van der Waals surface area contributed by atoms with Gasteiger partial charge in [0.25, 0.3) is 5.91 Å². The molecule has 2 atom stereocenters. The molecular weight excluding hydrogens is 424 g/mol. The van der Waals surface area contributed by atoms with E-state index in [4.69, 9.17) is 0 Å². The Morgan fingerprint density at radius 3 is 2.70 bits per heavy atom. The van der Waals surface area contributed by atoms with Crippen LogP contribution in [0.2, 0.25) is 0 Å². The lowest BCUT2D eigenvalue weighted by atomic mass is 9.89. The largest absolute Gasteiger partial charge is 0.421 e. The molecule has 4 heterocycles. The van der Waals surface area contributed by atoms with E-state index in [0.29, 0.717) is 36.6 Å². The molecule has 0 spiro atoms. The van der Waals surface area contributed by atoms with Crippen LogP contribution in [-0.2, 0) is 14.3 Å². The van der Waals surface area contributed by atoms with Gasteiger partial charge in [-0.3, -0.25) is 19.7 Å². The second-order valence-corrected chi connectivity index (χ2v) is 9.04. The summed E-state index contributed by atoms with van der Waals surface area (Å²) in [5, 5.41) is 5.53. The number of amides is 2. The summed E-state index contributed by atoms with van der Waals surface area (Å²) < 4.78 is 4.46. The first-order valence-electron chi connectivity index (χ1n) is 11.6. The molecule has 33 heavy (non-hydrogen) atoms. The highest BCUT2D eigenvalue weighted by Crippen LogP contribution is 2.43. The topological polar surface area (TPSA) is 118 Å². The maximum atomic E-state index is 13.1. The Morgan fingerprint density at radius 2 is 2.00 bits per heavy atom. The van der Waals surface area contributed by atoms with E-state index >= 15 is 0 Å². The molecule has 9 nitrogen and oxygen atoms in total. The molecule has 0 aromatic carbocycles. The molecule has 9 heteroatoms. The van der Waals surface area contributed by atoms with E-state index in [1.54, 1.807) is 18.3 Å². The fourth-order valence-corrected chi connectivity index (χ4v) is 5.17. The van der Waals surface area contributed by atoms with E-state index < -0.39 is 23.5 Å². The first-order valence-corrected chi connectivity index (χ1v) is 11.6. The standard InChI is InChI=1S/C24H30N4O5/c1-16(29)33-23(32)27-22(31)24-11-2-3-19(8-12-24)28(24)21-7-5-18(15-26-21)20(30)6-4-17-9-13-25-14-10-17/h2-3,5,7,15,17,19,25H,4,6,8-14H2,1H3,(H,27,31,32). The first kappa shape index (κ1) is 23.1. The van der Waals surface area contributed by atoms with E-state index in [1.807, 2.05) is 17.1 Å². The highest BCUT2D eigenvalue weighted by Gasteiger charge is 2.53. The molecular formula is C24H30N4O5. The second kappa shape index (κ2) is 9.82. The third kappa shape index (κ3) is 4.98. The summed E-state index contributed by atoms with van der Waals surface area (Å²) in [5.74, 6) is -0.0688. The van der Waals surface area contributed by atoms with Gasteiger partial charge in [-0.15, -0.1) is 0 Å². The van der Waals surface area contributed by atoms with E-state index in [9.17, 15) is 19.2 Å². The average Bonchev–Trinajstić information content (AvgIpc) is 3.03. The minimum atomic E-state index is -1.08. The maximum absolute atomic E-state index is 13.1. The number of esters is 1. The third-order valence-corrected chi connectivity index (χ3v) is 6.89. The SMILES string of the molecule is CC(=O)OC(=O)NC(=O)C12CC=CC(CC1)N2c1ccc(C(=O)CCC2CCNCC2)cn1. The number of hydrogen-bond acceptors (Lipinski definition) is 8. The molecule has 2 amide bonds. The third-order valence-electron chi connectivity index (χ3n) is 6.89. The highest BCUT2D eigenvalue weighted by molar-refractivity contribution is 6.02. The van der Waals surface area contributed by atoms with E-state index in [2.05, 4.69) is 20.4 Å². The number of nitrogens with one attached hydrogen (secondary N) is 2. The van der Waals surface area contributed by atoms with Crippen LogP contribution >= 0.6 is 0 Å². The van der Waals surface area contributed by atoms with Crippen LogP contribution in [0.4, 0.5) is 10.6 Å². The molecule has 0 aliphatic carbocycles. The van der Waals surface area contributed by atoms with Gasteiger partial charge < -0.3 is 15.0 Å². The zero-order chi connectivity index (χ0) is 23.4. The maximum Gasteiger partial charge on any atom is 0.421 e. The number of imide groups is 1. The van der Waals surface area contributed by atoms with Crippen molar-refractivity contribution in [1.29, 1.82) is 0 Å². The van der Waals surface area contributed by atoms with Crippen molar-refractivity contribution < 1.29 is 23.9 Å². The fraction of sp³-hybridized carbons (Fsp3) is 0.542. The molecule has 3 aliphatic heterocycles. The number of piperidine rings is 1. The Kier molecular flexibility index (Phi) is 6.88. The Bertz CT molecular complexity index is 954. The number of ether oxygens (including phenoxy) is 1. The number of Topliss-reactive ketones (excluding diaryl/α,β-unsaturated/α-hetero) is 1. The van der Waals surface area contributed by atoms with Gasteiger partial charge in [0.2, 0.25) is 0 Å². The molecule has 2 fully saturated rings. The number of nitrogens with zero attached hydrogens (tertiary/aromatic N) is 2. The zero-order valence-electron chi connectivity index (χ0n) is 18.8. The van der Waals surface area contributed by atoms with Gasteiger partial charge in [-0.25, -0.2) is 9.78 Å². The number of ketones is 1. The number of fused-ring (bicyclic) bond motifs is 2. The number of carbonyl (C=O) groups is 4. The van der Waals surface area contributed by atoms with Crippen LogP contribution < -0.4 is 15.5 Å². The summed E-state index contributed by atoms with van der Waals surface area (Å²) in [6.07, 6.45) is 9.74. The van der Waals surface area contributed by atoms with Crippen LogP contribution in [0.3, 0.4) is 0 Å². The summed E-state index contributed by atoms with van der Waals surface area (Å²) in [6, 6.07) is 3.49. The minimum Gasteiger partial charge on any atom is -0.376 e. The highest BCUT2D eigenvalue weighted by atomic mass is 16.6. The van der Waals surface area contributed by atoms with Gasteiger partial charge >= 0.3 is 12.1 Å². The molecule has 2 bridgehead atoms. The van der Waals surface area contributed by atoms with Crippen LogP contribution in [-0.4, -0.2) is 53.4 Å². The van der Waals surface area contributed by atoms with Gasteiger partial charge in [0.15, 0.2) is 5.78 Å². The van der Waals surface area contributed by atoms with E-state index in [0.717, 1.165) is 45.7 Å². The zero-order valence-corrected chi connectivity index (χ0v) is 18.8. The summed E-state index contributed by atoms with van der Waals surface area (Å²) in [5.41, 5.74) is -0.431. The van der Waals surface area contributed by atoms with Crippen LogP contribution in [0, 0.1) is 5.92 Å². The van der Waals surface area contributed by atoms with Crippen molar-refractivity contribution in [1.82, 2.24) is 15.6 Å². The van der Waals surface area contributed by atoms with Crippen LogP contribution in [0.1, 0.15) is 62.2 Å². The predicted octanol–water partition coefficient (Wildman–Crippen LogP) is 2.51. The number of hydrogen-bond donors (Lipinski definition) is 2. The van der Waals surface area contributed by atoms with Crippen molar-refractivity contribution in [3.63, 3.8) is 0 Å². The molecule has 2 N–H and O–H groups in total. The fourth-order valence-electron chi connectivity index (χ4n) is 5.17. The predicted molar refractivity (Wildman–Crippen MR) is 121 cm³/mol. The molecule has 176 valence electrons. The monoisotopic (exact) mass is 454 g/mol. The summed E-state index contributed by atoms with van der Waals surface area (Å²) in [7, 11) is 0. The van der Waals surface area contributed by atoms with Crippen LogP contribution in [0.25, 0.3) is 0 Å². The van der Waals surface area contributed by atoms with Crippen molar-refractivity contribution in [2.24, 2.45) is 5.92 Å². The van der Waals surface area contributed by atoms with Gasteiger partial charge in [-0.1, -0.05) is 12.2 Å². The molecule has 4 rings (SSSR count). The average molecular weight is 455 g/mol. The molecule has 3 aliphatic rings. The van der Waals surface area contributed by atoms with E-state index in [-0.39, 0.29) is 11.8 Å². The number of anilines is 1.